The van der Waals surface area contributed by atoms with Crippen molar-refractivity contribution in [1.29, 1.82) is 0 Å². The molecular formula is C33H57N13O15. The van der Waals surface area contributed by atoms with Crippen molar-refractivity contribution in [2.45, 2.75) is 101 Å². The van der Waals surface area contributed by atoms with Gasteiger partial charge in [-0.15, -0.1) is 0 Å². The number of hydrogen-bond acceptors (Lipinski definition) is 16. The summed E-state index contributed by atoms with van der Waals surface area (Å²) in [4.78, 5) is 147. The van der Waals surface area contributed by atoms with Gasteiger partial charge in [-0.2, -0.15) is 0 Å². The quantitative estimate of drug-likeness (QED) is 0.0288. The first-order valence-corrected chi connectivity index (χ1v) is 18.7. The van der Waals surface area contributed by atoms with E-state index in [0.29, 0.717) is 12.8 Å². The fraction of sp³-hybridized carbons (Fsp3) is 0.636. The number of carboxylic acid groups (broad SMARTS) is 1. The average molecular weight is 876 g/mol. The van der Waals surface area contributed by atoms with E-state index in [4.69, 9.17) is 33.8 Å². The molecule has 0 saturated carbocycles. The van der Waals surface area contributed by atoms with Gasteiger partial charge in [0, 0.05) is 12.8 Å². The van der Waals surface area contributed by atoms with Crippen LogP contribution in [-0.2, 0) is 57.5 Å². The summed E-state index contributed by atoms with van der Waals surface area (Å²) in [7, 11) is 0. The Morgan fingerprint density at radius 3 is 1.51 bits per heavy atom. The first-order valence-electron chi connectivity index (χ1n) is 18.7. The molecule has 0 bridgehead atoms. The number of aliphatic hydroxyl groups is 2. The Labute approximate surface area is 348 Å². The molecule has 0 aromatic carbocycles. The second-order valence-corrected chi connectivity index (χ2v) is 13.4. The van der Waals surface area contributed by atoms with Crippen LogP contribution in [0, 0.1) is 0 Å². The van der Waals surface area contributed by atoms with E-state index in [0.717, 1.165) is 0 Å². The highest BCUT2D eigenvalue weighted by Crippen LogP contribution is 2.05. The van der Waals surface area contributed by atoms with Crippen LogP contribution in [0.15, 0.2) is 0 Å². The summed E-state index contributed by atoms with van der Waals surface area (Å²) in [6.45, 7) is -2.17. The van der Waals surface area contributed by atoms with Crippen LogP contribution in [0.1, 0.15) is 58.3 Å². The number of rotatable bonds is 31. The Bertz CT molecular complexity index is 1600. The summed E-state index contributed by atoms with van der Waals surface area (Å²) in [6.07, 6.45) is -1.23. The predicted molar refractivity (Wildman–Crippen MR) is 207 cm³/mol. The number of nitrogens with one attached hydrogen (secondary N) is 8. The Balaban J connectivity index is 5.55. The monoisotopic (exact) mass is 875 g/mol. The van der Waals surface area contributed by atoms with Crippen LogP contribution in [-0.4, -0.2) is 161 Å². The van der Waals surface area contributed by atoms with Crippen molar-refractivity contribution in [3.63, 3.8) is 0 Å². The first-order chi connectivity index (χ1) is 28.6. The lowest BCUT2D eigenvalue weighted by Crippen LogP contribution is -2.59. The maximum absolute atomic E-state index is 13.3. The summed E-state index contributed by atoms with van der Waals surface area (Å²) in [5.74, 6) is -12.3. The molecule has 28 heteroatoms. The molecule has 0 aromatic heterocycles. The Morgan fingerprint density at radius 2 is 0.984 bits per heavy atom. The normalized spacial score (nSPS) is 14.1. The number of carbonyl (C=O) groups excluding carboxylic acids is 11. The Hall–Kier alpha value is -6.52. The molecule has 0 radical (unpaired) electrons. The average Bonchev–Trinajstić information content (AvgIpc) is 3.19. The summed E-state index contributed by atoms with van der Waals surface area (Å²) in [6, 6.07) is -10.5. The highest BCUT2D eigenvalue weighted by atomic mass is 16.4. The van der Waals surface area contributed by atoms with Crippen LogP contribution in [0.25, 0.3) is 0 Å². The molecule has 7 atom stereocenters. The number of amides is 11. The third-order valence-corrected chi connectivity index (χ3v) is 8.22. The molecule has 0 aromatic rings. The fourth-order valence-corrected chi connectivity index (χ4v) is 4.81. The van der Waals surface area contributed by atoms with Crippen molar-refractivity contribution in [2.75, 3.05) is 32.8 Å². The molecule has 0 saturated heterocycles. The molecule has 0 heterocycles. The van der Waals surface area contributed by atoms with Gasteiger partial charge in [0.15, 0.2) is 0 Å². The molecule has 0 spiro atoms. The van der Waals surface area contributed by atoms with Gasteiger partial charge in [0.05, 0.1) is 38.8 Å². The highest BCUT2D eigenvalue weighted by molar-refractivity contribution is 5.97. The fourth-order valence-electron chi connectivity index (χ4n) is 4.81. The van der Waals surface area contributed by atoms with Gasteiger partial charge in [-0.25, -0.2) is 4.79 Å². The zero-order valence-electron chi connectivity index (χ0n) is 33.4. The van der Waals surface area contributed by atoms with E-state index in [-0.39, 0.29) is 25.8 Å². The maximum atomic E-state index is 13.3. The number of unbranched alkanes of at least 4 members (excludes halogenated alkanes) is 1. The zero-order chi connectivity index (χ0) is 46.8. The SMILES string of the molecule is CC(NC(=O)C(N)CCC(N)=O)C(=O)NC(CCCCN)C(=O)NC(CO)C(=O)NC(CCC(N)=O)C(=O)NCC(=O)NCC(=O)NC(CO)C(=O)NC(CC(N)=O)C(=O)O. The van der Waals surface area contributed by atoms with Gasteiger partial charge < -0.3 is 86.5 Å². The van der Waals surface area contributed by atoms with Crippen molar-refractivity contribution in [1.82, 2.24) is 42.5 Å². The smallest absolute Gasteiger partial charge is 0.326 e. The summed E-state index contributed by atoms with van der Waals surface area (Å²) in [5.41, 5.74) is 26.5. The maximum Gasteiger partial charge on any atom is 0.326 e. The summed E-state index contributed by atoms with van der Waals surface area (Å²) in [5, 5.41) is 46.0. The summed E-state index contributed by atoms with van der Waals surface area (Å²) >= 11 is 0. The Morgan fingerprint density at radius 1 is 0.508 bits per heavy atom. The number of hydrogen-bond donors (Lipinski definition) is 16. The number of carboxylic acids is 1. The molecule has 0 aliphatic rings. The van der Waals surface area contributed by atoms with Gasteiger partial charge in [-0.05, 0) is 45.6 Å². The Kier molecular flexibility index (Phi) is 25.7. The largest absolute Gasteiger partial charge is 0.480 e. The van der Waals surface area contributed by atoms with E-state index in [2.05, 4.69) is 31.9 Å². The van der Waals surface area contributed by atoms with E-state index in [1.807, 2.05) is 10.6 Å². The lowest BCUT2D eigenvalue weighted by atomic mass is 10.1. The van der Waals surface area contributed by atoms with Crippen LogP contribution in [0.4, 0.5) is 0 Å². The topological polar surface area (TPSA) is 492 Å². The number of aliphatic carboxylic acids is 1. The molecule has 344 valence electrons. The molecule has 0 aliphatic carbocycles. The van der Waals surface area contributed by atoms with Gasteiger partial charge >= 0.3 is 5.97 Å². The number of nitrogens with two attached hydrogens (primary N) is 5. The van der Waals surface area contributed by atoms with E-state index in [1.54, 1.807) is 0 Å². The van der Waals surface area contributed by atoms with E-state index >= 15 is 0 Å². The molecule has 21 N–H and O–H groups in total. The molecule has 28 nitrogen and oxygen atoms in total. The van der Waals surface area contributed by atoms with Crippen molar-refractivity contribution in [3.05, 3.63) is 0 Å². The third-order valence-electron chi connectivity index (χ3n) is 8.22. The molecule has 0 fully saturated rings. The second-order valence-electron chi connectivity index (χ2n) is 13.4. The molecule has 0 rings (SSSR count). The third kappa shape index (κ3) is 23.0. The van der Waals surface area contributed by atoms with E-state index < -0.39 is 159 Å². The molecule has 0 aliphatic heterocycles. The van der Waals surface area contributed by atoms with Crippen molar-refractivity contribution in [2.24, 2.45) is 28.7 Å². The molecule has 61 heavy (non-hydrogen) atoms. The van der Waals surface area contributed by atoms with Gasteiger partial charge in [-0.3, -0.25) is 52.7 Å². The number of aliphatic hydroxyl groups excluding tert-OH is 2. The standard InChI is InChI=1S/C33H57N13O15/c1-15(41-28(55)16(35)5-7-22(36)49)27(54)43-17(4-2-3-9-34)30(57)46-21(14-48)32(59)44-18(6-8-23(37)50)29(56)40-11-25(52)39-12-26(53)42-20(13-47)31(58)45-19(33(60)61)10-24(38)51/h15-21,47-48H,2-14,34-35H2,1H3,(H2,36,49)(H2,37,50)(H2,38,51)(H,39,52)(H,40,56)(H,41,55)(H,42,53)(H,43,54)(H,44,59)(H,45,58)(H,46,57)(H,60,61). The highest BCUT2D eigenvalue weighted by Gasteiger charge is 2.32. The molecule has 7 unspecified atom stereocenters. The minimum absolute atomic E-state index is 0.0102. The molecular weight excluding hydrogens is 818 g/mol. The van der Waals surface area contributed by atoms with Crippen LogP contribution >= 0.6 is 0 Å². The van der Waals surface area contributed by atoms with Crippen LogP contribution in [0.5, 0.6) is 0 Å². The predicted octanol–water partition coefficient (Wildman–Crippen LogP) is -9.92. The van der Waals surface area contributed by atoms with Crippen LogP contribution in [0.3, 0.4) is 0 Å². The van der Waals surface area contributed by atoms with Gasteiger partial charge in [-0.1, -0.05) is 0 Å². The minimum atomic E-state index is -1.76. The van der Waals surface area contributed by atoms with Crippen molar-refractivity contribution >= 4 is 70.9 Å². The van der Waals surface area contributed by atoms with Crippen LogP contribution < -0.4 is 71.2 Å². The lowest BCUT2D eigenvalue weighted by Gasteiger charge is -2.25. The summed E-state index contributed by atoms with van der Waals surface area (Å²) < 4.78 is 0. The van der Waals surface area contributed by atoms with E-state index in [1.165, 1.54) is 6.92 Å². The van der Waals surface area contributed by atoms with Crippen molar-refractivity contribution in [3.8, 4) is 0 Å². The van der Waals surface area contributed by atoms with Gasteiger partial charge in [0.1, 0.15) is 36.3 Å². The number of primary amides is 3. The zero-order valence-corrected chi connectivity index (χ0v) is 33.4. The van der Waals surface area contributed by atoms with E-state index in [9.17, 15) is 67.7 Å². The van der Waals surface area contributed by atoms with Gasteiger partial charge in [0.25, 0.3) is 0 Å². The van der Waals surface area contributed by atoms with Crippen LogP contribution in [0.2, 0.25) is 0 Å². The molecule has 11 amide bonds. The van der Waals surface area contributed by atoms with Crippen molar-refractivity contribution < 1.29 is 72.9 Å². The second kappa shape index (κ2) is 28.8. The lowest BCUT2D eigenvalue weighted by molar-refractivity contribution is -0.144. The van der Waals surface area contributed by atoms with Gasteiger partial charge in [0.2, 0.25) is 65.0 Å². The first kappa shape index (κ1) is 54.5. The number of carbonyl (C=O) groups is 12. The minimum Gasteiger partial charge on any atom is -0.480 e.